The molecule has 16 heavy (non-hydrogen) atoms. The topological polar surface area (TPSA) is 20.2 Å². The molecule has 2 rings (SSSR count). The van der Waals surface area contributed by atoms with Gasteiger partial charge in [0.05, 0.1) is 5.60 Å². The van der Waals surface area contributed by atoms with E-state index in [0.29, 0.717) is 16.7 Å². The normalized spacial score (nSPS) is 52.1. The summed E-state index contributed by atoms with van der Waals surface area (Å²) in [6.07, 6.45) is 6.19. The van der Waals surface area contributed by atoms with E-state index < -0.39 is 5.60 Å². The average molecular weight is 224 g/mol. The molecule has 0 heterocycles. The second kappa shape index (κ2) is 3.48. The molecule has 0 aromatic carbocycles. The van der Waals surface area contributed by atoms with Crippen LogP contribution in [0.3, 0.4) is 0 Å². The second-order valence-electron chi connectivity index (χ2n) is 7.52. The molecule has 2 fully saturated rings. The summed E-state index contributed by atoms with van der Waals surface area (Å²) in [5.74, 6) is 1.22. The number of hydrogen-bond donors (Lipinski definition) is 1. The predicted molar refractivity (Wildman–Crippen MR) is 68.3 cm³/mol. The molecule has 0 aromatic rings. The van der Waals surface area contributed by atoms with Crippen molar-refractivity contribution in [2.75, 3.05) is 0 Å². The molecule has 0 aliphatic heterocycles. The van der Waals surface area contributed by atoms with Gasteiger partial charge >= 0.3 is 0 Å². The van der Waals surface area contributed by atoms with Crippen molar-refractivity contribution in [1.82, 2.24) is 0 Å². The van der Waals surface area contributed by atoms with Crippen molar-refractivity contribution in [2.45, 2.75) is 72.3 Å². The highest BCUT2D eigenvalue weighted by atomic mass is 16.3. The molecule has 0 radical (unpaired) electrons. The highest BCUT2D eigenvalue weighted by molar-refractivity contribution is 5.05. The summed E-state index contributed by atoms with van der Waals surface area (Å²) in [5, 5.41) is 10.5. The number of aliphatic hydroxyl groups is 1. The fourth-order valence-electron chi connectivity index (χ4n) is 4.77. The minimum atomic E-state index is -0.446. The molecule has 0 spiro atoms. The van der Waals surface area contributed by atoms with Gasteiger partial charge in [0, 0.05) is 0 Å². The first-order valence-electron chi connectivity index (χ1n) is 6.92. The molecule has 0 aromatic heterocycles. The molecule has 2 saturated carbocycles. The van der Waals surface area contributed by atoms with E-state index in [1.54, 1.807) is 0 Å². The highest BCUT2D eigenvalue weighted by Gasteiger charge is 2.56. The zero-order chi connectivity index (χ0) is 12.2. The average Bonchev–Trinajstić information content (AvgIpc) is 2.12. The molecule has 1 nitrogen and oxygen atoms in total. The van der Waals surface area contributed by atoms with Crippen LogP contribution < -0.4 is 0 Å². The summed E-state index contributed by atoms with van der Waals surface area (Å²) >= 11 is 0. The summed E-state index contributed by atoms with van der Waals surface area (Å²) in [6.45, 7) is 11.6. The van der Waals surface area contributed by atoms with Crippen LogP contribution in [0.15, 0.2) is 0 Å². The van der Waals surface area contributed by atoms with Crippen molar-refractivity contribution >= 4 is 0 Å². The molecule has 0 amide bonds. The van der Waals surface area contributed by atoms with Crippen molar-refractivity contribution in [3.05, 3.63) is 0 Å². The fourth-order valence-corrected chi connectivity index (χ4v) is 4.77. The van der Waals surface area contributed by atoms with E-state index in [2.05, 4.69) is 27.7 Å². The smallest absolute Gasteiger partial charge is 0.0650 e. The summed E-state index contributed by atoms with van der Waals surface area (Å²) < 4.78 is 0. The molecule has 2 aliphatic carbocycles. The van der Waals surface area contributed by atoms with Crippen molar-refractivity contribution in [3.8, 4) is 0 Å². The van der Waals surface area contributed by atoms with E-state index in [1.165, 1.54) is 25.7 Å². The third kappa shape index (κ3) is 1.63. The zero-order valence-electron chi connectivity index (χ0n) is 11.6. The van der Waals surface area contributed by atoms with E-state index in [-0.39, 0.29) is 0 Å². The monoisotopic (exact) mass is 224 g/mol. The standard InChI is InChI=1S/C15H28O/c1-11-14(4)9-6-8-13(2,3)12(14)7-10-15(11,5)16/h11-12,16H,6-10H2,1-5H3/t11-,12-,14-,15-/m1/s1. The van der Waals surface area contributed by atoms with Crippen LogP contribution in [0.2, 0.25) is 0 Å². The molecule has 0 unspecified atom stereocenters. The lowest BCUT2D eigenvalue weighted by molar-refractivity contribution is -0.160. The Morgan fingerprint density at radius 2 is 1.62 bits per heavy atom. The van der Waals surface area contributed by atoms with E-state index in [4.69, 9.17) is 0 Å². The lowest BCUT2D eigenvalue weighted by Crippen LogP contribution is -2.56. The second-order valence-corrected chi connectivity index (χ2v) is 7.52. The Balaban J connectivity index is 2.34. The van der Waals surface area contributed by atoms with Gasteiger partial charge in [0.2, 0.25) is 0 Å². The summed E-state index contributed by atoms with van der Waals surface area (Å²) in [5.41, 5.74) is 0.375. The SMILES string of the molecule is C[C@@H]1[C@@]2(C)CCCC(C)(C)[C@H]2CC[C@@]1(C)O. The first kappa shape index (κ1) is 12.4. The Bertz CT molecular complexity index is 279. The Labute approximate surface area is 101 Å². The lowest BCUT2D eigenvalue weighted by Gasteiger charge is -2.60. The van der Waals surface area contributed by atoms with Crippen molar-refractivity contribution in [2.24, 2.45) is 22.7 Å². The van der Waals surface area contributed by atoms with Crippen molar-refractivity contribution in [1.29, 1.82) is 0 Å². The molecular weight excluding hydrogens is 196 g/mol. The molecule has 1 N–H and O–H groups in total. The van der Waals surface area contributed by atoms with Crippen LogP contribution in [0.4, 0.5) is 0 Å². The fraction of sp³-hybridized carbons (Fsp3) is 1.00. The lowest BCUT2D eigenvalue weighted by atomic mass is 9.46. The van der Waals surface area contributed by atoms with Gasteiger partial charge in [0.15, 0.2) is 0 Å². The highest BCUT2D eigenvalue weighted by Crippen LogP contribution is 2.61. The van der Waals surface area contributed by atoms with Gasteiger partial charge in [-0.1, -0.05) is 34.1 Å². The van der Waals surface area contributed by atoms with Crippen LogP contribution >= 0.6 is 0 Å². The maximum absolute atomic E-state index is 10.5. The minimum absolute atomic E-state index is 0.351. The van der Waals surface area contributed by atoms with E-state index in [9.17, 15) is 5.11 Å². The van der Waals surface area contributed by atoms with Crippen molar-refractivity contribution in [3.63, 3.8) is 0 Å². The molecule has 94 valence electrons. The van der Waals surface area contributed by atoms with Crippen LogP contribution in [0.25, 0.3) is 0 Å². The van der Waals surface area contributed by atoms with Gasteiger partial charge in [0.1, 0.15) is 0 Å². The van der Waals surface area contributed by atoms with Crippen LogP contribution in [0, 0.1) is 22.7 Å². The predicted octanol–water partition coefficient (Wildman–Crippen LogP) is 4.00. The number of rotatable bonds is 0. The van der Waals surface area contributed by atoms with Gasteiger partial charge in [-0.2, -0.15) is 0 Å². The van der Waals surface area contributed by atoms with Crippen LogP contribution in [0.1, 0.15) is 66.7 Å². The minimum Gasteiger partial charge on any atom is -0.390 e. The quantitative estimate of drug-likeness (QED) is 0.659. The van der Waals surface area contributed by atoms with Gasteiger partial charge in [-0.15, -0.1) is 0 Å². The summed E-state index contributed by atoms with van der Waals surface area (Å²) in [6, 6.07) is 0. The summed E-state index contributed by atoms with van der Waals surface area (Å²) in [7, 11) is 0. The molecule has 4 atom stereocenters. The van der Waals surface area contributed by atoms with E-state index in [1.807, 2.05) is 6.92 Å². The largest absolute Gasteiger partial charge is 0.390 e. The van der Waals surface area contributed by atoms with Gasteiger partial charge in [-0.05, 0) is 55.3 Å². The van der Waals surface area contributed by atoms with E-state index in [0.717, 1.165) is 12.3 Å². The molecule has 1 heteroatoms. The first-order chi connectivity index (χ1) is 7.20. The third-order valence-electron chi connectivity index (χ3n) is 6.14. The Hall–Kier alpha value is -0.0400. The molecule has 0 bridgehead atoms. The van der Waals surface area contributed by atoms with Gasteiger partial charge < -0.3 is 5.11 Å². The first-order valence-corrected chi connectivity index (χ1v) is 6.92. The zero-order valence-corrected chi connectivity index (χ0v) is 11.6. The Morgan fingerprint density at radius 3 is 2.25 bits per heavy atom. The van der Waals surface area contributed by atoms with Crippen LogP contribution in [0.5, 0.6) is 0 Å². The van der Waals surface area contributed by atoms with Crippen LogP contribution in [-0.2, 0) is 0 Å². The third-order valence-corrected chi connectivity index (χ3v) is 6.14. The van der Waals surface area contributed by atoms with Gasteiger partial charge in [-0.25, -0.2) is 0 Å². The molecule has 0 saturated heterocycles. The van der Waals surface area contributed by atoms with Crippen molar-refractivity contribution < 1.29 is 5.11 Å². The van der Waals surface area contributed by atoms with E-state index >= 15 is 0 Å². The van der Waals surface area contributed by atoms with Crippen LogP contribution in [-0.4, -0.2) is 10.7 Å². The Morgan fingerprint density at radius 1 is 1.00 bits per heavy atom. The maximum atomic E-state index is 10.5. The summed E-state index contributed by atoms with van der Waals surface area (Å²) in [4.78, 5) is 0. The molecule has 2 aliphatic rings. The Kier molecular flexibility index (Phi) is 2.70. The van der Waals surface area contributed by atoms with Gasteiger partial charge in [-0.3, -0.25) is 0 Å². The number of fused-ring (bicyclic) bond motifs is 1. The molecular formula is C15H28O. The van der Waals surface area contributed by atoms with Gasteiger partial charge in [0.25, 0.3) is 0 Å². The number of hydrogen-bond acceptors (Lipinski definition) is 1. The maximum Gasteiger partial charge on any atom is 0.0650 e.